The highest BCUT2D eigenvalue weighted by atomic mass is 32.1. The number of nitrogens with one attached hydrogen (secondary N) is 1. The smallest absolute Gasteiger partial charge is 0.269 e. The Hall–Kier alpha value is -4.28. The normalized spacial score (nSPS) is 19.4. The summed E-state index contributed by atoms with van der Waals surface area (Å²) in [7, 11) is 0. The van der Waals surface area contributed by atoms with E-state index in [9.17, 15) is 10.1 Å². The molecule has 1 N–H and O–H groups in total. The molecule has 0 radical (unpaired) electrons. The SMILES string of the molecule is O=[N+]([O-])c1ccc(-c2ccc(C3C(c4ccccn4)NC(=S)N3c3ccc(N4CCOCC4)cc3)o2)cc1. The number of nitro groups is 1. The number of thiocarbonyl (C=S) groups is 1. The molecule has 4 heterocycles. The standard InChI is InChI=1S/C28H25N5O4S/c34-33(35)22-6-4-19(5-7-22)24-12-13-25(37-24)27-26(23-3-1-2-14-29-23)30-28(38)32(27)21-10-8-20(9-11-21)31-15-17-36-18-16-31/h1-14,26-27H,15-18H2,(H,30,38). The molecule has 10 heteroatoms. The molecule has 0 amide bonds. The van der Waals surface area contributed by atoms with Crippen LogP contribution in [0.25, 0.3) is 11.3 Å². The van der Waals surface area contributed by atoms with E-state index in [1.807, 2.05) is 30.3 Å². The van der Waals surface area contributed by atoms with Gasteiger partial charge in [0.25, 0.3) is 5.69 Å². The van der Waals surface area contributed by atoms with Crippen molar-refractivity contribution in [2.24, 2.45) is 0 Å². The molecule has 2 aromatic heterocycles. The van der Waals surface area contributed by atoms with E-state index in [4.69, 9.17) is 21.4 Å². The van der Waals surface area contributed by atoms with E-state index in [-0.39, 0.29) is 17.8 Å². The predicted octanol–water partition coefficient (Wildman–Crippen LogP) is 5.26. The molecule has 38 heavy (non-hydrogen) atoms. The summed E-state index contributed by atoms with van der Waals surface area (Å²) in [5.41, 5.74) is 3.72. The molecule has 2 saturated heterocycles. The van der Waals surface area contributed by atoms with Crippen LogP contribution in [0.5, 0.6) is 0 Å². The van der Waals surface area contributed by atoms with Crippen LogP contribution >= 0.6 is 12.2 Å². The van der Waals surface area contributed by atoms with Gasteiger partial charge in [0.05, 0.1) is 29.9 Å². The van der Waals surface area contributed by atoms with Gasteiger partial charge in [-0.2, -0.15) is 0 Å². The Morgan fingerprint density at radius 1 is 0.947 bits per heavy atom. The largest absolute Gasteiger partial charge is 0.459 e. The number of hydrogen-bond donors (Lipinski definition) is 1. The number of non-ortho nitro benzene ring substituents is 1. The maximum atomic E-state index is 11.1. The van der Waals surface area contributed by atoms with Gasteiger partial charge in [0.1, 0.15) is 17.6 Å². The molecule has 4 aromatic rings. The maximum Gasteiger partial charge on any atom is 0.269 e. The highest BCUT2D eigenvalue weighted by molar-refractivity contribution is 7.80. The second kappa shape index (κ2) is 10.2. The zero-order valence-corrected chi connectivity index (χ0v) is 21.2. The van der Waals surface area contributed by atoms with Gasteiger partial charge >= 0.3 is 0 Å². The molecule has 2 unspecified atom stereocenters. The molecular formula is C28H25N5O4S. The fourth-order valence-corrected chi connectivity index (χ4v) is 5.33. The highest BCUT2D eigenvalue weighted by Gasteiger charge is 2.42. The van der Waals surface area contributed by atoms with Crippen LogP contribution in [0.15, 0.2) is 89.5 Å². The zero-order chi connectivity index (χ0) is 26.1. The number of ether oxygens (including phenoxy) is 1. The molecule has 192 valence electrons. The topological polar surface area (TPSA) is 96.9 Å². The van der Waals surface area contributed by atoms with Gasteiger partial charge in [-0.3, -0.25) is 15.1 Å². The first kappa shape index (κ1) is 24.1. The summed E-state index contributed by atoms with van der Waals surface area (Å²) in [6, 6.07) is 23.8. The number of benzene rings is 2. The number of pyridine rings is 1. The third-order valence-corrected chi connectivity index (χ3v) is 7.20. The van der Waals surface area contributed by atoms with Crippen LogP contribution in [0.3, 0.4) is 0 Å². The summed E-state index contributed by atoms with van der Waals surface area (Å²) in [4.78, 5) is 19.6. The van der Waals surface area contributed by atoms with Gasteiger partial charge < -0.3 is 24.3 Å². The fraction of sp³-hybridized carbons (Fsp3) is 0.214. The van der Waals surface area contributed by atoms with Gasteiger partial charge in [-0.1, -0.05) is 6.07 Å². The summed E-state index contributed by atoms with van der Waals surface area (Å²) >= 11 is 5.83. The minimum atomic E-state index is -0.415. The average molecular weight is 528 g/mol. The van der Waals surface area contributed by atoms with Crippen molar-refractivity contribution < 1.29 is 14.1 Å². The molecule has 0 saturated carbocycles. The van der Waals surface area contributed by atoms with Crippen LogP contribution in [0.2, 0.25) is 0 Å². The molecule has 2 aliphatic heterocycles. The molecule has 2 fully saturated rings. The van der Waals surface area contributed by atoms with Gasteiger partial charge in [0, 0.05) is 48.4 Å². The van der Waals surface area contributed by atoms with Crippen molar-refractivity contribution in [2.45, 2.75) is 12.1 Å². The molecular weight excluding hydrogens is 502 g/mol. The lowest BCUT2D eigenvalue weighted by Crippen LogP contribution is -2.36. The number of nitrogens with zero attached hydrogens (tertiary/aromatic N) is 4. The average Bonchev–Trinajstić information content (AvgIpc) is 3.59. The van der Waals surface area contributed by atoms with Crippen LogP contribution in [0.1, 0.15) is 23.5 Å². The van der Waals surface area contributed by atoms with E-state index in [0.717, 1.165) is 48.9 Å². The third kappa shape index (κ3) is 4.59. The number of nitro benzene ring substituents is 1. The number of hydrogen-bond acceptors (Lipinski definition) is 7. The number of anilines is 2. The van der Waals surface area contributed by atoms with E-state index in [1.54, 1.807) is 18.3 Å². The Morgan fingerprint density at radius 3 is 2.37 bits per heavy atom. The quantitative estimate of drug-likeness (QED) is 0.204. The van der Waals surface area contributed by atoms with Crippen LogP contribution in [-0.2, 0) is 4.74 Å². The van der Waals surface area contributed by atoms with Gasteiger partial charge in [-0.05, 0) is 72.9 Å². The lowest BCUT2D eigenvalue weighted by atomic mass is 10.0. The number of rotatable bonds is 6. The first-order valence-corrected chi connectivity index (χ1v) is 12.8. The van der Waals surface area contributed by atoms with Crippen molar-refractivity contribution in [1.29, 1.82) is 0 Å². The molecule has 0 aliphatic carbocycles. The van der Waals surface area contributed by atoms with Gasteiger partial charge in [0.2, 0.25) is 0 Å². The minimum Gasteiger partial charge on any atom is -0.459 e. The monoisotopic (exact) mass is 527 g/mol. The Labute approximate surface area is 224 Å². The van der Waals surface area contributed by atoms with E-state index >= 15 is 0 Å². The molecule has 2 atom stereocenters. The Morgan fingerprint density at radius 2 is 1.68 bits per heavy atom. The van der Waals surface area contributed by atoms with Crippen LogP contribution in [0, 0.1) is 10.1 Å². The lowest BCUT2D eigenvalue weighted by molar-refractivity contribution is -0.384. The summed E-state index contributed by atoms with van der Waals surface area (Å²) in [6.07, 6.45) is 1.77. The third-order valence-electron chi connectivity index (χ3n) is 6.88. The van der Waals surface area contributed by atoms with Gasteiger partial charge in [0.15, 0.2) is 5.11 Å². The maximum absolute atomic E-state index is 11.1. The number of morpholine rings is 1. The van der Waals surface area contributed by atoms with E-state index < -0.39 is 4.92 Å². The van der Waals surface area contributed by atoms with Crippen molar-refractivity contribution in [1.82, 2.24) is 10.3 Å². The summed E-state index contributed by atoms with van der Waals surface area (Å²) in [6.45, 7) is 3.19. The minimum absolute atomic E-state index is 0.0350. The van der Waals surface area contributed by atoms with E-state index in [1.165, 1.54) is 12.1 Å². The molecule has 0 spiro atoms. The second-order valence-corrected chi connectivity index (χ2v) is 9.51. The predicted molar refractivity (Wildman–Crippen MR) is 148 cm³/mol. The highest BCUT2D eigenvalue weighted by Crippen LogP contribution is 2.43. The van der Waals surface area contributed by atoms with Gasteiger partial charge in [-0.25, -0.2) is 0 Å². The summed E-state index contributed by atoms with van der Waals surface area (Å²) in [5, 5.41) is 15.1. The van der Waals surface area contributed by atoms with Crippen molar-refractivity contribution in [3.8, 4) is 11.3 Å². The number of aromatic nitrogens is 1. The first-order chi connectivity index (χ1) is 18.6. The van der Waals surface area contributed by atoms with Crippen LogP contribution in [-0.4, -0.2) is 41.3 Å². The molecule has 6 rings (SSSR count). The Balaban J connectivity index is 1.35. The summed E-state index contributed by atoms with van der Waals surface area (Å²) < 4.78 is 11.8. The Bertz CT molecular complexity index is 1440. The van der Waals surface area contributed by atoms with Crippen molar-refractivity contribution in [2.75, 3.05) is 36.1 Å². The first-order valence-electron chi connectivity index (χ1n) is 12.4. The Kier molecular flexibility index (Phi) is 6.48. The van der Waals surface area contributed by atoms with Crippen LogP contribution < -0.4 is 15.1 Å². The fourth-order valence-electron chi connectivity index (χ4n) is 4.98. The number of furan rings is 1. The summed E-state index contributed by atoms with van der Waals surface area (Å²) in [5.74, 6) is 1.33. The molecule has 0 bridgehead atoms. The van der Waals surface area contributed by atoms with Crippen molar-refractivity contribution in [3.05, 3.63) is 107 Å². The molecule has 9 nitrogen and oxygen atoms in total. The van der Waals surface area contributed by atoms with Gasteiger partial charge in [-0.15, -0.1) is 0 Å². The van der Waals surface area contributed by atoms with Crippen molar-refractivity contribution in [3.63, 3.8) is 0 Å². The molecule has 2 aliphatic rings. The lowest BCUT2D eigenvalue weighted by Gasteiger charge is -2.30. The van der Waals surface area contributed by atoms with E-state index in [2.05, 4.69) is 44.4 Å². The van der Waals surface area contributed by atoms with Crippen LogP contribution in [0.4, 0.5) is 17.1 Å². The zero-order valence-electron chi connectivity index (χ0n) is 20.4. The molecule has 2 aromatic carbocycles. The van der Waals surface area contributed by atoms with Crippen molar-refractivity contribution >= 4 is 34.4 Å². The van der Waals surface area contributed by atoms with E-state index in [0.29, 0.717) is 16.6 Å². The second-order valence-electron chi connectivity index (χ2n) is 9.12.